The van der Waals surface area contributed by atoms with Crippen LogP contribution in [0.15, 0.2) is 36.4 Å². The lowest BCUT2D eigenvalue weighted by Gasteiger charge is -2.35. The Morgan fingerprint density at radius 3 is 2.62 bits per heavy atom. The minimum Gasteiger partial charge on any atom is -0.444 e. The molecule has 2 aromatic rings. The molecule has 0 radical (unpaired) electrons. The normalized spacial score (nSPS) is 23.3. The van der Waals surface area contributed by atoms with E-state index >= 15 is 0 Å². The van der Waals surface area contributed by atoms with Crippen molar-refractivity contribution in [2.24, 2.45) is 11.7 Å². The lowest BCUT2D eigenvalue weighted by atomic mass is 9.76. The Morgan fingerprint density at radius 2 is 1.90 bits per heavy atom. The summed E-state index contributed by atoms with van der Waals surface area (Å²) in [7, 11) is 0. The number of pyridine rings is 1. The van der Waals surface area contributed by atoms with E-state index < -0.39 is 23.4 Å². The third-order valence-corrected chi connectivity index (χ3v) is 8.11. The summed E-state index contributed by atoms with van der Waals surface area (Å²) in [5.41, 5.74) is 13.9. The molecule has 1 aliphatic heterocycles. The Labute approximate surface area is 248 Å². The van der Waals surface area contributed by atoms with Crippen LogP contribution >= 0.6 is 0 Å². The number of hydrogen-bond acceptors (Lipinski definition) is 7. The van der Waals surface area contributed by atoms with Gasteiger partial charge in [0.1, 0.15) is 11.4 Å². The number of benzene rings is 1. The molecular weight excluding hydrogens is 535 g/mol. The van der Waals surface area contributed by atoms with Crippen LogP contribution in [-0.4, -0.2) is 46.1 Å². The van der Waals surface area contributed by atoms with Gasteiger partial charge in [-0.15, -0.1) is 0 Å². The molecule has 228 valence electrons. The Hall–Kier alpha value is -3.82. The van der Waals surface area contributed by atoms with Crippen molar-refractivity contribution in [1.82, 2.24) is 15.2 Å². The highest BCUT2D eigenvalue weighted by Gasteiger charge is 2.31. The minimum atomic E-state index is -0.581. The third-order valence-electron chi connectivity index (χ3n) is 8.11. The van der Waals surface area contributed by atoms with Crippen LogP contribution in [0.5, 0.6) is 0 Å². The summed E-state index contributed by atoms with van der Waals surface area (Å²) >= 11 is 0. The van der Waals surface area contributed by atoms with Crippen molar-refractivity contribution in [3.05, 3.63) is 58.9 Å². The number of aromatic nitrogens is 1. The molecule has 10 heteroatoms. The molecule has 4 rings (SSSR count). The van der Waals surface area contributed by atoms with Gasteiger partial charge in [0.25, 0.3) is 5.91 Å². The Kier molecular flexibility index (Phi) is 9.64. The fraction of sp³-hybridized carbons (Fsp3) is 0.531. The van der Waals surface area contributed by atoms with Crippen molar-refractivity contribution >= 4 is 29.5 Å². The summed E-state index contributed by atoms with van der Waals surface area (Å²) in [4.78, 5) is 32.2. The molecule has 2 aliphatic rings. The van der Waals surface area contributed by atoms with E-state index in [2.05, 4.69) is 29.5 Å². The fourth-order valence-corrected chi connectivity index (χ4v) is 6.17. The number of amides is 2. The van der Waals surface area contributed by atoms with E-state index in [0.29, 0.717) is 23.8 Å². The summed E-state index contributed by atoms with van der Waals surface area (Å²) in [5.74, 6) is -0.161. The SMILES string of the molecule is CC1CCCCN1/C(N)=C/c1c(F)ccc(C(=O)Nc2cnccc2[C@H]2CC(NC(=O)OC(C)(C)C)C[C@@H](C)C2)c1N. The van der Waals surface area contributed by atoms with Crippen molar-refractivity contribution in [3.63, 3.8) is 0 Å². The number of halogens is 1. The highest BCUT2D eigenvalue weighted by molar-refractivity contribution is 6.09. The first-order chi connectivity index (χ1) is 19.8. The lowest BCUT2D eigenvalue weighted by molar-refractivity contribution is 0.0482. The summed E-state index contributed by atoms with van der Waals surface area (Å²) in [6.45, 7) is 10.5. The standard InChI is InChI=1S/C32H45FN6O3/c1-19-14-21(16-22(15-19)37-31(41)42-32(3,4)5)23-11-12-36-18-27(23)38-30(40)24-9-10-26(33)25(29(24)35)17-28(34)39-13-7-6-8-20(39)2/h9-12,17-22H,6-8,13-16,34-35H2,1-5H3,(H,37,41)(H,38,40)/b28-17+/t19-,20?,21+,22?/m0/s1. The van der Waals surface area contributed by atoms with Crippen LogP contribution < -0.4 is 22.1 Å². The molecule has 9 nitrogen and oxygen atoms in total. The van der Waals surface area contributed by atoms with Gasteiger partial charge in [-0.3, -0.25) is 9.78 Å². The van der Waals surface area contributed by atoms with Crippen molar-refractivity contribution in [3.8, 4) is 0 Å². The first-order valence-corrected chi connectivity index (χ1v) is 14.9. The number of carbonyl (C=O) groups excluding carboxylic acids is 2. The highest BCUT2D eigenvalue weighted by atomic mass is 19.1. The molecule has 1 saturated heterocycles. The van der Waals surface area contributed by atoms with E-state index in [9.17, 15) is 14.0 Å². The summed E-state index contributed by atoms with van der Waals surface area (Å²) < 4.78 is 20.4. The monoisotopic (exact) mass is 580 g/mol. The van der Waals surface area contributed by atoms with Crippen molar-refractivity contribution < 1.29 is 18.7 Å². The van der Waals surface area contributed by atoms with Gasteiger partial charge in [-0.05, 0) is 108 Å². The second-order valence-electron chi connectivity index (χ2n) is 12.8. The van der Waals surface area contributed by atoms with E-state index in [-0.39, 0.29) is 34.8 Å². The van der Waals surface area contributed by atoms with E-state index in [4.69, 9.17) is 16.2 Å². The molecule has 1 aromatic carbocycles. The molecule has 2 unspecified atom stereocenters. The van der Waals surface area contributed by atoms with Gasteiger partial charge in [-0.1, -0.05) is 6.92 Å². The zero-order valence-corrected chi connectivity index (χ0v) is 25.4. The van der Waals surface area contributed by atoms with Crippen LogP contribution in [0.1, 0.15) is 101 Å². The van der Waals surface area contributed by atoms with Gasteiger partial charge in [-0.2, -0.15) is 0 Å². The van der Waals surface area contributed by atoms with Crippen molar-refractivity contribution in [2.45, 2.75) is 96.7 Å². The number of carbonyl (C=O) groups is 2. The largest absolute Gasteiger partial charge is 0.444 e. The van der Waals surface area contributed by atoms with Crippen molar-refractivity contribution in [2.75, 3.05) is 17.6 Å². The van der Waals surface area contributed by atoms with Gasteiger partial charge in [-0.25, -0.2) is 9.18 Å². The smallest absolute Gasteiger partial charge is 0.407 e. The van der Waals surface area contributed by atoms with Gasteiger partial charge in [0.2, 0.25) is 0 Å². The minimum absolute atomic E-state index is 0.0264. The van der Waals surface area contributed by atoms with Crippen LogP contribution in [0.2, 0.25) is 0 Å². The summed E-state index contributed by atoms with van der Waals surface area (Å²) in [5, 5.41) is 5.98. The first kappa shape index (κ1) is 31.1. The molecule has 2 fully saturated rings. The number of nitrogen functional groups attached to an aromatic ring is 1. The van der Waals surface area contributed by atoms with Crippen LogP contribution in [-0.2, 0) is 4.74 Å². The molecule has 2 amide bonds. The van der Waals surface area contributed by atoms with Crippen LogP contribution in [0.25, 0.3) is 6.08 Å². The molecule has 6 N–H and O–H groups in total. The maximum Gasteiger partial charge on any atom is 0.407 e. The van der Waals surface area contributed by atoms with Gasteiger partial charge < -0.3 is 31.7 Å². The number of hydrogen-bond donors (Lipinski definition) is 4. The topological polar surface area (TPSA) is 136 Å². The fourth-order valence-electron chi connectivity index (χ4n) is 6.17. The lowest BCUT2D eigenvalue weighted by Crippen LogP contribution is -2.42. The number of ether oxygens (including phenoxy) is 1. The molecule has 0 spiro atoms. The van der Waals surface area contributed by atoms with Gasteiger partial charge in [0, 0.05) is 30.4 Å². The number of rotatable bonds is 6. The number of nitrogens with two attached hydrogens (primary N) is 2. The average molecular weight is 581 g/mol. The molecule has 0 bridgehead atoms. The number of piperidine rings is 1. The molecule has 4 atom stereocenters. The van der Waals surface area contributed by atoms with E-state index in [1.807, 2.05) is 31.7 Å². The summed E-state index contributed by atoms with van der Waals surface area (Å²) in [6, 6.07) is 4.70. The molecule has 2 heterocycles. The quantitative estimate of drug-likeness (QED) is 0.309. The number of nitrogens with one attached hydrogen (secondary N) is 2. The number of nitrogens with zero attached hydrogens (tertiary/aromatic N) is 2. The second kappa shape index (κ2) is 13.0. The number of alkyl carbamates (subject to hydrolysis) is 1. The van der Waals surface area contributed by atoms with E-state index in [1.165, 1.54) is 18.2 Å². The molecule has 1 saturated carbocycles. The molecule has 42 heavy (non-hydrogen) atoms. The van der Waals surface area contributed by atoms with E-state index in [1.54, 1.807) is 12.4 Å². The predicted molar refractivity (Wildman–Crippen MR) is 164 cm³/mol. The number of anilines is 2. The number of likely N-dealkylation sites (tertiary alicyclic amines) is 1. The highest BCUT2D eigenvalue weighted by Crippen LogP contribution is 2.39. The maximum absolute atomic E-state index is 14.9. The Morgan fingerprint density at radius 1 is 1.14 bits per heavy atom. The third kappa shape index (κ3) is 7.72. The van der Waals surface area contributed by atoms with Crippen LogP contribution in [0.3, 0.4) is 0 Å². The zero-order chi connectivity index (χ0) is 30.6. The summed E-state index contributed by atoms with van der Waals surface area (Å²) in [6.07, 6.45) is 9.98. The van der Waals surface area contributed by atoms with Gasteiger partial charge in [0.15, 0.2) is 0 Å². The predicted octanol–water partition coefficient (Wildman–Crippen LogP) is 5.98. The Balaban J connectivity index is 1.53. The van der Waals surface area contributed by atoms with Crippen LogP contribution in [0, 0.1) is 11.7 Å². The van der Waals surface area contributed by atoms with Gasteiger partial charge in [0.05, 0.1) is 29.0 Å². The van der Waals surface area contributed by atoms with Gasteiger partial charge >= 0.3 is 6.09 Å². The molecule has 1 aromatic heterocycles. The van der Waals surface area contributed by atoms with E-state index in [0.717, 1.165) is 44.2 Å². The van der Waals surface area contributed by atoms with Crippen LogP contribution in [0.4, 0.5) is 20.6 Å². The van der Waals surface area contributed by atoms with Crippen molar-refractivity contribution in [1.29, 1.82) is 0 Å². The zero-order valence-electron chi connectivity index (χ0n) is 25.4. The first-order valence-electron chi connectivity index (χ1n) is 14.9. The average Bonchev–Trinajstić information content (AvgIpc) is 2.90. The Bertz CT molecular complexity index is 1320. The molecular formula is C32H45FN6O3. The second-order valence-corrected chi connectivity index (χ2v) is 12.8. The maximum atomic E-state index is 14.9. The molecule has 1 aliphatic carbocycles.